The first-order chi connectivity index (χ1) is 6.70. The highest BCUT2D eigenvalue weighted by atomic mass is 16.3. The number of pyridine rings is 1. The fourth-order valence-corrected chi connectivity index (χ4v) is 1.46. The van der Waals surface area contributed by atoms with Crippen molar-refractivity contribution in [1.82, 2.24) is 0 Å². The van der Waals surface area contributed by atoms with Crippen LogP contribution in [0.1, 0.15) is 6.92 Å². The molecule has 0 aliphatic carbocycles. The molecule has 0 fully saturated rings. The maximum absolute atomic E-state index is 9.32. The van der Waals surface area contributed by atoms with Gasteiger partial charge in [0.15, 0.2) is 23.9 Å². The highest BCUT2D eigenvalue weighted by Crippen LogP contribution is 2.28. The van der Waals surface area contributed by atoms with Crippen LogP contribution < -0.4 is 4.57 Å². The van der Waals surface area contributed by atoms with Gasteiger partial charge in [-0.15, -0.1) is 0 Å². The Balaban J connectivity index is 2.70. The number of hydrogen-bond acceptors (Lipinski definition) is 2. The van der Waals surface area contributed by atoms with Gasteiger partial charge in [-0.05, 0) is 24.4 Å². The van der Waals surface area contributed by atoms with Crippen LogP contribution in [-0.4, -0.2) is 10.2 Å². The Hall–Kier alpha value is -1.77. The van der Waals surface area contributed by atoms with Crippen molar-refractivity contribution >= 4 is 10.8 Å². The lowest BCUT2D eigenvalue weighted by Gasteiger charge is -2.00. The molecule has 0 aliphatic rings. The number of hydrogen-bond donors (Lipinski definition) is 2. The molecule has 72 valence electrons. The number of phenolic OH excluding ortho intramolecular Hbond substituents is 2. The summed E-state index contributed by atoms with van der Waals surface area (Å²) in [6.45, 7) is 2.93. The average Bonchev–Trinajstić information content (AvgIpc) is 2.19. The first-order valence-corrected chi connectivity index (χ1v) is 4.55. The van der Waals surface area contributed by atoms with Gasteiger partial charge in [-0.1, -0.05) is 0 Å². The highest BCUT2D eigenvalue weighted by molar-refractivity contribution is 5.84. The molecule has 0 amide bonds. The van der Waals surface area contributed by atoms with E-state index in [-0.39, 0.29) is 11.5 Å². The lowest BCUT2D eigenvalue weighted by Crippen LogP contribution is -2.30. The lowest BCUT2D eigenvalue weighted by atomic mass is 10.1. The van der Waals surface area contributed by atoms with Crippen LogP contribution in [0.2, 0.25) is 0 Å². The van der Waals surface area contributed by atoms with Gasteiger partial charge in [-0.3, -0.25) is 0 Å². The van der Waals surface area contributed by atoms with Crippen molar-refractivity contribution in [2.75, 3.05) is 0 Å². The second-order valence-electron chi connectivity index (χ2n) is 3.25. The van der Waals surface area contributed by atoms with Crippen LogP contribution in [0.3, 0.4) is 0 Å². The van der Waals surface area contributed by atoms with E-state index in [1.807, 2.05) is 30.0 Å². The quantitative estimate of drug-likeness (QED) is 0.529. The Morgan fingerprint density at radius 2 is 1.79 bits per heavy atom. The number of benzene rings is 1. The van der Waals surface area contributed by atoms with Crippen LogP contribution in [0, 0.1) is 0 Å². The van der Waals surface area contributed by atoms with Crippen molar-refractivity contribution in [2.24, 2.45) is 0 Å². The zero-order valence-corrected chi connectivity index (χ0v) is 7.94. The molecule has 2 rings (SSSR count). The third-order valence-electron chi connectivity index (χ3n) is 2.30. The fourth-order valence-electron chi connectivity index (χ4n) is 1.46. The van der Waals surface area contributed by atoms with Crippen molar-refractivity contribution in [1.29, 1.82) is 0 Å². The number of rotatable bonds is 1. The molecular weight excluding hydrogens is 178 g/mol. The van der Waals surface area contributed by atoms with Crippen molar-refractivity contribution < 1.29 is 14.8 Å². The Morgan fingerprint density at radius 3 is 2.43 bits per heavy atom. The van der Waals surface area contributed by atoms with Crippen molar-refractivity contribution in [2.45, 2.75) is 13.5 Å². The standard InChI is InChI=1S/C11H11NO2/c1-2-12-4-3-8-5-10(13)11(14)6-9(8)7-12/h3-7,14H,2H2,1H3/p+1. The normalized spacial score (nSPS) is 10.6. The molecule has 1 heterocycles. The molecular formula is C11H12NO2+. The number of phenols is 2. The summed E-state index contributed by atoms with van der Waals surface area (Å²) in [4.78, 5) is 0. The number of nitrogens with zero attached hydrogens (tertiary/aromatic N) is 1. The van der Waals surface area contributed by atoms with E-state index in [0.29, 0.717) is 0 Å². The molecule has 1 aromatic carbocycles. The Bertz CT molecular complexity index is 480. The van der Waals surface area contributed by atoms with Gasteiger partial charge in [-0.2, -0.15) is 0 Å². The molecule has 0 saturated carbocycles. The number of fused-ring (bicyclic) bond motifs is 1. The van der Waals surface area contributed by atoms with E-state index >= 15 is 0 Å². The molecule has 0 spiro atoms. The van der Waals surface area contributed by atoms with Crippen LogP contribution in [0.15, 0.2) is 30.6 Å². The van der Waals surface area contributed by atoms with Gasteiger partial charge in [-0.25, -0.2) is 4.57 Å². The van der Waals surface area contributed by atoms with E-state index in [0.717, 1.165) is 17.3 Å². The summed E-state index contributed by atoms with van der Waals surface area (Å²) in [5.74, 6) is -0.155. The maximum Gasteiger partial charge on any atom is 0.176 e. The van der Waals surface area contributed by atoms with Gasteiger partial charge in [0.2, 0.25) is 0 Å². The molecule has 3 heteroatoms. The summed E-state index contributed by atoms with van der Waals surface area (Å²) in [6.07, 6.45) is 3.88. The summed E-state index contributed by atoms with van der Waals surface area (Å²) in [5, 5.41) is 20.5. The minimum Gasteiger partial charge on any atom is -0.504 e. The SMILES string of the molecule is CC[n+]1ccc2cc(O)c(O)cc2c1. The Morgan fingerprint density at radius 1 is 1.14 bits per heavy atom. The molecule has 0 bridgehead atoms. The summed E-state index contributed by atoms with van der Waals surface area (Å²) in [6, 6.07) is 5.04. The second-order valence-corrected chi connectivity index (χ2v) is 3.25. The lowest BCUT2D eigenvalue weighted by molar-refractivity contribution is -0.692. The molecule has 0 unspecified atom stereocenters. The van der Waals surface area contributed by atoms with Gasteiger partial charge >= 0.3 is 0 Å². The van der Waals surface area contributed by atoms with E-state index in [9.17, 15) is 10.2 Å². The molecule has 2 aromatic rings. The highest BCUT2D eigenvalue weighted by Gasteiger charge is 2.05. The van der Waals surface area contributed by atoms with E-state index in [4.69, 9.17) is 0 Å². The van der Waals surface area contributed by atoms with E-state index in [1.165, 1.54) is 0 Å². The summed E-state index contributed by atoms with van der Waals surface area (Å²) >= 11 is 0. The van der Waals surface area contributed by atoms with Crippen molar-refractivity contribution in [3.05, 3.63) is 30.6 Å². The maximum atomic E-state index is 9.32. The van der Waals surface area contributed by atoms with Crippen LogP contribution in [-0.2, 0) is 6.54 Å². The van der Waals surface area contributed by atoms with Crippen LogP contribution in [0.25, 0.3) is 10.8 Å². The summed E-state index contributed by atoms with van der Waals surface area (Å²) in [7, 11) is 0. The predicted octanol–water partition coefficient (Wildman–Crippen LogP) is 1.56. The molecule has 0 radical (unpaired) electrons. The molecule has 0 saturated heterocycles. The van der Waals surface area contributed by atoms with Gasteiger partial charge in [0.05, 0.1) is 0 Å². The Labute approximate surface area is 81.9 Å². The third-order valence-corrected chi connectivity index (χ3v) is 2.30. The second kappa shape index (κ2) is 3.18. The first kappa shape index (κ1) is 8.81. The van der Waals surface area contributed by atoms with Gasteiger partial charge in [0.25, 0.3) is 0 Å². The topological polar surface area (TPSA) is 44.3 Å². The molecule has 14 heavy (non-hydrogen) atoms. The molecule has 0 aliphatic heterocycles. The van der Waals surface area contributed by atoms with Gasteiger partial charge in [0, 0.05) is 11.5 Å². The van der Waals surface area contributed by atoms with Gasteiger partial charge < -0.3 is 10.2 Å². The largest absolute Gasteiger partial charge is 0.504 e. The number of aromatic nitrogens is 1. The smallest absolute Gasteiger partial charge is 0.176 e. The third kappa shape index (κ3) is 1.37. The molecule has 2 N–H and O–H groups in total. The fraction of sp³-hybridized carbons (Fsp3) is 0.182. The summed E-state index contributed by atoms with van der Waals surface area (Å²) < 4.78 is 2.01. The molecule has 3 nitrogen and oxygen atoms in total. The van der Waals surface area contributed by atoms with Gasteiger partial charge in [0.1, 0.15) is 6.54 Å². The minimum absolute atomic E-state index is 0.0771. The van der Waals surface area contributed by atoms with E-state index < -0.39 is 0 Å². The van der Waals surface area contributed by atoms with Crippen LogP contribution in [0.5, 0.6) is 11.5 Å². The van der Waals surface area contributed by atoms with E-state index in [2.05, 4.69) is 0 Å². The van der Waals surface area contributed by atoms with Crippen molar-refractivity contribution in [3.8, 4) is 11.5 Å². The zero-order chi connectivity index (χ0) is 10.1. The molecule has 1 aromatic heterocycles. The predicted molar refractivity (Wildman–Crippen MR) is 53.1 cm³/mol. The van der Waals surface area contributed by atoms with Crippen molar-refractivity contribution in [3.63, 3.8) is 0 Å². The average molecular weight is 190 g/mol. The number of aromatic hydroxyl groups is 2. The first-order valence-electron chi connectivity index (χ1n) is 4.55. The minimum atomic E-state index is -0.0775. The molecule has 0 atom stereocenters. The zero-order valence-electron chi connectivity index (χ0n) is 7.94. The monoisotopic (exact) mass is 190 g/mol. The van der Waals surface area contributed by atoms with E-state index in [1.54, 1.807) is 12.1 Å². The summed E-state index contributed by atoms with van der Waals surface area (Å²) in [5.41, 5.74) is 0. The number of aryl methyl sites for hydroxylation is 1. The van der Waals surface area contributed by atoms with Crippen LogP contribution >= 0.6 is 0 Å². The Kier molecular flexibility index (Phi) is 2.00. The van der Waals surface area contributed by atoms with Crippen LogP contribution in [0.4, 0.5) is 0 Å².